The second-order valence-electron chi connectivity index (χ2n) is 2.70. The molecule has 0 nitrogen and oxygen atoms in total. The molecule has 1 rings (SSSR count). The van der Waals surface area contributed by atoms with Crippen LogP contribution in [0.25, 0.3) is 0 Å². The van der Waals surface area contributed by atoms with E-state index in [9.17, 15) is 0 Å². The highest BCUT2D eigenvalue weighted by Crippen LogP contribution is 2.17. The molecular formula is C12H14. The zero-order chi connectivity index (χ0) is 8.81. The van der Waals surface area contributed by atoms with E-state index < -0.39 is 0 Å². The molecule has 0 amide bonds. The van der Waals surface area contributed by atoms with Crippen LogP contribution in [-0.2, 0) is 0 Å². The predicted molar refractivity (Wildman–Crippen MR) is 54.2 cm³/mol. The fraction of sp³-hybridized carbons (Fsp3) is 0.167. The number of hydrogen-bond donors (Lipinski definition) is 0. The van der Waals surface area contributed by atoms with Crippen molar-refractivity contribution in [1.82, 2.24) is 0 Å². The van der Waals surface area contributed by atoms with E-state index in [0.717, 1.165) is 0 Å². The van der Waals surface area contributed by atoms with E-state index in [-0.39, 0.29) is 0 Å². The topological polar surface area (TPSA) is 0 Å². The first-order chi connectivity index (χ1) is 5.88. The Balaban J connectivity index is 2.87. The van der Waals surface area contributed by atoms with Crippen molar-refractivity contribution >= 4 is 0 Å². The average Bonchev–Trinajstić information content (AvgIpc) is 2.15. The quantitative estimate of drug-likeness (QED) is 0.590. The summed E-state index contributed by atoms with van der Waals surface area (Å²) in [7, 11) is 0. The standard InChI is InChI=1S/C12H14/c1-3-8-11(4-2)12-9-6-5-7-10-12/h3-11H,2H2,1H3/b8-3-/t11-/m0/s1. The Morgan fingerprint density at radius 3 is 2.42 bits per heavy atom. The van der Waals surface area contributed by atoms with Crippen LogP contribution in [0.4, 0.5) is 0 Å². The summed E-state index contributed by atoms with van der Waals surface area (Å²) in [5.41, 5.74) is 1.30. The predicted octanol–water partition coefficient (Wildman–Crippen LogP) is 3.53. The minimum atomic E-state index is 0.358. The zero-order valence-corrected chi connectivity index (χ0v) is 7.40. The van der Waals surface area contributed by atoms with Gasteiger partial charge in [-0.1, -0.05) is 48.6 Å². The van der Waals surface area contributed by atoms with Crippen LogP contribution in [0, 0.1) is 0 Å². The molecule has 0 N–H and O–H groups in total. The molecule has 1 atom stereocenters. The first-order valence-electron chi connectivity index (χ1n) is 4.18. The molecule has 0 aromatic heterocycles. The van der Waals surface area contributed by atoms with E-state index >= 15 is 0 Å². The Hall–Kier alpha value is -1.30. The summed E-state index contributed by atoms with van der Waals surface area (Å²) < 4.78 is 0. The maximum Gasteiger partial charge on any atom is 0.0196 e. The lowest BCUT2D eigenvalue weighted by atomic mass is 9.99. The smallest absolute Gasteiger partial charge is 0.0196 e. The van der Waals surface area contributed by atoms with Crippen LogP contribution < -0.4 is 0 Å². The summed E-state index contributed by atoms with van der Waals surface area (Å²) >= 11 is 0. The number of allylic oxidation sites excluding steroid dienone is 3. The maximum atomic E-state index is 3.80. The minimum absolute atomic E-state index is 0.358. The molecule has 0 saturated heterocycles. The molecule has 0 heterocycles. The van der Waals surface area contributed by atoms with Gasteiger partial charge in [0, 0.05) is 5.92 Å². The Labute approximate surface area is 74.2 Å². The lowest BCUT2D eigenvalue weighted by Gasteiger charge is -2.06. The molecule has 0 saturated carbocycles. The third-order valence-electron chi connectivity index (χ3n) is 1.84. The van der Waals surface area contributed by atoms with Crippen LogP contribution in [0.1, 0.15) is 18.4 Å². The summed E-state index contributed by atoms with van der Waals surface area (Å²) in [6.45, 7) is 5.83. The lowest BCUT2D eigenvalue weighted by molar-refractivity contribution is 1.08. The van der Waals surface area contributed by atoms with Gasteiger partial charge in [0.25, 0.3) is 0 Å². The Morgan fingerprint density at radius 2 is 1.92 bits per heavy atom. The fourth-order valence-electron chi connectivity index (χ4n) is 1.21. The van der Waals surface area contributed by atoms with E-state index in [1.165, 1.54) is 5.56 Å². The molecule has 1 aromatic carbocycles. The normalized spacial score (nSPS) is 13.1. The maximum absolute atomic E-state index is 3.80. The third kappa shape index (κ3) is 2.09. The highest BCUT2D eigenvalue weighted by Gasteiger charge is 1.99. The third-order valence-corrected chi connectivity index (χ3v) is 1.84. The van der Waals surface area contributed by atoms with Gasteiger partial charge in [-0.15, -0.1) is 6.58 Å². The van der Waals surface area contributed by atoms with Gasteiger partial charge >= 0.3 is 0 Å². The van der Waals surface area contributed by atoms with Gasteiger partial charge < -0.3 is 0 Å². The molecule has 0 aliphatic heterocycles. The summed E-state index contributed by atoms with van der Waals surface area (Å²) in [6, 6.07) is 10.4. The van der Waals surface area contributed by atoms with Gasteiger partial charge in [0.05, 0.1) is 0 Å². The molecule has 0 spiro atoms. The van der Waals surface area contributed by atoms with Crippen molar-refractivity contribution in [3.8, 4) is 0 Å². The Kier molecular flexibility index (Phi) is 3.34. The molecule has 0 bridgehead atoms. The van der Waals surface area contributed by atoms with Crippen LogP contribution >= 0.6 is 0 Å². The molecule has 0 aliphatic rings. The first kappa shape index (κ1) is 8.79. The van der Waals surface area contributed by atoms with E-state index in [4.69, 9.17) is 0 Å². The highest BCUT2D eigenvalue weighted by atomic mass is 14.0. The van der Waals surface area contributed by atoms with Gasteiger partial charge in [0.2, 0.25) is 0 Å². The molecule has 0 aliphatic carbocycles. The number of benzene rings is 1. The molecule has 62 valence electrons. The molecular weight excluding hydrogens is 144 g/mol. The summed E-state index contributed by atoms with van der Waals surface area (Å²) in [4.78, 5) is 0. The van der Waals surface area contributed by atoms with Crippen LogP contribution in [0.2, 0.25) is 0 Å². The summed E-state index contributed by atoms with van der Waals surface area (Å²) in [5.74, 6) is 0.358. The lowest BCUT2D eigenvalue weighted by Crippen LogP contribution is -1.88. The summed E-state index contributed by atoms with van der Waals surface area (Å²) in [6.07, 6.45) is 6.15. The molecule has 12 heavy (non-hydrogen) atoms. The van der Waals surface area contributed by atoms with Gasteiger partial charge in [-0.05, 0) is 12.5 Å². The van der Waals surface area contributed by atoms with Crippen molar-refractivity contribution in [3.63, 3.8) is 0 Å². The van der Waals surface area contributed by atoms with E-state index in [2.05, 4.69) is 43.0 Å². The molecule has 0 fully saturated rings. The monoisotopic (exact) mass is 158 g/mol. The van der Waals surface area contributed by atoms with Crippen LogP contribution in [-0.4, -0.2) is 0 Å². The number of hydrogen-bond acceptors (Lipinski definition) is 0. The first-order valence-corrected chi connectivity index (χ1v) is 4.18. The van der Waals surface area contributed by atoms with Crippen molar-refractivity contribution in [1.29, 1.82) is 0 Å². The van der Waals surface area contributed by atoms with Gasteiger partial charge in [0.15, 0.2) is 0 Å². The van der Waals surface area contributed by atoms with Crippen LogP contribution in [0.15, 0.2) is 55.1 Å². The Morgan fingerprint density at radius 1 is 1.25 bits per heavy atom. The van der Waals surface area contributed by atoms with Crippen molar-refractivity contribution in [2.45, 2.75) is 12.8 Å². The molecule has 1 aromatic rings. The average molecular weight is 158 g/mol. The second kappa shape index (κ2) is 4.55. The van der Waals surface area contributed by atoms with Gasteiger partial charge in [0.1, 0.15) is 0 Å². The zero-order valence-electron chi connectivity index (χ0n) is 7.40. The largest absolute Gasteiger partial charge is 0.102 e. The van der Waals surface area contributed by atoms with Crippen molar-refractivity contribution in [3.05, 3.63) is 60.7 Å². The fourth-order valence-corrected chi connectivity index (χ4v) is 1.21. The van der Waals surface area contributed by atoms with E-state index in [0.29, 0.717) is 5.92 Å². The van der Waals surface area contributed by atoms with Crippen LogP contribution in [0.5, 0.6) is 0 Å². The van der Waals surface area contributed by atoms with Crippen molar-refractivity contribution < 1.29 is 0 Å². The molecule has 0 unspecified atom stereocenters. The minimum Gasteiger partial charge on any atom is -0.102 e. The second-order valence-corrected chi connectivity index (χ2v) is 2.70. The van der Waals surface area contributed by atoms with Crippen molar-refractivity contribution in [2.24, 2.45) is 0 Å². The van der Waals surface area contributed by atoms with Gasteiger partial charge in [-0.25, -0.2) is 0 Å². The van der Waals surface area contributed by atoms with Crippen molar-refractivity contribution in [2.75, 3.05) is 0 Å². The Bertz CT molecular complexity index is 257. The number of rotatable bonds is 3. The molecule has 0 heteroatoms. The van der Waals surface area contributed by atoms with Crippen LogP contribution in [0.3, 0.4) is 0 Å². The van der Waals surface area contributed by atoms with Gasteiger partial charge in [-0.3, -0.25) is 0 Å². The molecule has 0 radical (unpaired) electrons. The van der Waals surface area contributed by atoms with E-state index in [1.807, 2.05) is 19.1 Å². The SMILES string of the molecule is C=C[C@@H](/C=C\C)c1ccccc1. The van der Waals surface area contributed by atoms with Gasteiger partial charge in [-0.2, -0.15) is 0 Å². The highest BCUT2D eigenvalue weighted by molar-refractivity contribution is 5.27. The summed E-state index contributed by atoms with van der Waals surface area (Å²) in [5, 5.41) is 0. The van der Waals surface area contributed by atoms with E-state index in [1.54, 1.807) is 0 Å².